The van der Waals surface area contributed by atoms with Crippen molar-refractivity contribution in [2.75, 3.05) is 6.54 Å². The van der Waals surface area contributed by atoms with E-state index in [9.17, 15) is 45.9 Å². The molecule has 0 fully saturated rings. The standard InChI is InChI=1S/C34H26Br4N4O14S2.2Na/c35-21-9-17-1-3-27(21)53-29-15-19(11-23(37)31(29)55-57(47,48)49)6-8-40-33(43)25(41-45)13-18-2-4-28(22(36)10-18)54-30-16-20(12-24(38)32(30)56-58(50,51)52)14-26(42-46)34(44)39-7-5-17;;/h1-5,7,9-12,15-16,45-46H,6,8,13-14H2,(H,39,44)(H,40,43)(H,47,48,49)(H,50,51,52);;/q;2*+1/p-2/b7-5+,41-25+,42-26+;;. The molecule has 0 spiro atoms. The van der Waals surface area contributed by atoms with Gasteiger partial charge in [0.05, 0.1) is 17.9 Å². The number of nitrogens with one attached hydrogen (secondary N) is 2. The molecule has 4 aliphatic heterocycles. The monoisotopic (exact) mass is 1140 g/mol. The fourth-order valence-corrected chi connectivity index (χ4v) is 8.20. The quantitative estimate of drug-likeness (QED) is 0.0700. The first-order valence-corrected chi connectivity index (χ1v) is 21.7. The third-order valence-electron chi connectivity index (χ3n) is 7.60. The molecule has 18 nitrogen and oxygen atoms in total. The molecule has 8 rings (SSSR count). The Morgan fingerprint density at radius 3 is 1.65 bits per heavy atom. The predicted octanol–water partition coefficient (Wildman–Crippen LogP) is 0.212. The largest absolute Gasteiger partial charge is 1.00 e. The van der Waals surface area contributed by atoms with Gasteiger partial charge < -0.3 is 48.0 Å². The summed E-state index contributed by atoms with van der Waals surface area (Å²) in [7, 11) is -10.6. The number of rotatable bonds is 4. The second-order valence-corrected chi connectivity index (χ2v) is 17.1. The molecule has 306 valence electrons. The van der Waals surface area contributed by atoms with E-state index < -0.39 is 49.8 Å². The van der Waals surface area contributed by atoms with E-state index in [0.717, 1.165) is 0 Å². The summed E-state index contributed by atoms with van der Waals surface area (Å²) in [5, 5.41) is 30.8. The van der Waals surface area contributed by atoms with E-state index in [1.165, 1.54) is 60.8 Å². The van der Waals surface area contributed by atoms with E-state index in [-0.39, 0.29) is 133 Å². The summed E-state index contributed by atoms with van der Waals surface area (Å²) in [5.41, 5.74) is 1.00. The number of oxime groups is 2. The van der Waals surface area contributed by atoms with Crippen molar-refractivity contribution < 1.29 is 123 Å². The predicted molar refractivity (Wildman–Crippen MR) is 217 cm³/mol. The molecule has 0 saturated carbocycles. The van der Waals surface area contributed by atoms with Gasteiger partial charge in [0.25, 0.3) is 32.6 Å². The normalized spacial score (nSPS) is 15.8. The molecule has 4 aliphatic rings. The smallest absolute Gasteiger partial charge is 0.716 e. The third kappa shape index (κ3) is 14.8. The van der Waals surface area contributed by atoms with Crippen LogP contribution in [0, 0.1) is 0 Å². The summed E-state index contributed by atoms with van der Waals surface area (Å²) in [6.45, 7) is -0.00864. The average molecular weight is 1140 g/mol. The zero-order chi connectivity index (χ0) is 42.4. The van der Waals surface area contributed by atoms with Crippen LogP contribution < -0.4 is 87.6 Å². The third-order valence-corrected chi connectivity index (χ3v) is 10.8. The van der Waals surface area contributed by atoms with Crippen molar-refractivity contribution in [1.29, 1.82) is 0 Å². The number of halogens is 4. The molecular weight excluding hydrogens is 1120 g/mol. The molecule has 0 atom stereocenters. The van der Waals surface area contributed by atoms with Gasteiger partial charge >= 0.3 is 59.1 Å². The van der Waals surface area contributed by atoms with Gasteiger partial charge in [-0.05, 0) is 147 Å². The van der Waals surface area contributed by atoms with Gasteiger partial charge in [0.1, 0.15) is 22.9 Å². The molecule has 0 unspecified atom stereocenters. The molecule has 60 heavy (non-hydrogen) atoms. The molecular formula is C34H24Br4N4Na2O14S2. The summed E-state index contributed by atoms with van der Waals surface area (Å²) >= 11 is 13.1. The minimum absolute atomic E-state index is 0. The van der Waals surface area contributed by atoms with E-state index in [1.807, 2.05) is 0 Å². The number of benzene rings is 4. The molecule has 0 saturated heterocycles. The molecule has 0 radical (unpaired) electrons. The van der Waals surface area contributed by atoms with Crippen molar-refractivity contribution in [2.24, 2.45) is 10.3 Å². The Bertz CT molecular complexity index is 2620. The van der Waals surface area contributed by atoms with Crippen LogP contribution in [0.3, 0.4) is 0 Å². The minimum Gasteiger partial charge on any atom is -0.716 e. The van der Waals surface area contributed by atoms with Crippen molar-refractivity contribution in [3.63, 3.8) is 0 Å². The molecule has 4 heterocycles. The Morgan fingerprint density at radius 2 is 1.12 bits per heavy atom. The molecule has 8 bridgehead atoms. The maximum absolute atomic E-state index is 13.1. The molecule has 0 aliphatic carbocycles. The van der Waals surface area contributed by atoms with Crippen LogP contribution in [-0.2, 0) is 49.6 Å². The van der Waals surface area contributed by atoms with E-state index in [0.29, 0.717) is 21.2 Å². The van der Waals surface area contributed by atoms with E-state index >= 15 is 0 Å². The van der Waals surface area contributed by atoms with Crippen LogP contribution in [0.25, 0.3) is 6.08 Å². The number of carbonyl (C=O) groups is 2. The minimum atomic E-state index is -5.31. The Balaban J connectivity index is 0.00000480. The van der Waals surface area contributed by atoms with Crippen molar-refractivity contribution in [2.45, 2.75) is 19.3 Å². The second kappa shape index (κ2) is 22.7. The van der Waals surface area contributed by atoms with Crippen LogP contribution in [0.4, 0.5) is 0 Å². The van der Waals surface area contributed by atoms with Gasteiger partial charge in [-0.1, -0.05) is 22.4 Å². The van der Waals surface area contributed by atoms with Crippen LogP contribution in [-0.4, -0.2) is 66.1 Å². The van der Waals surface area contributed by atoms with Crippen molar-refractivity contribution >= 4 is 114 Å². The number of hydrogen-bond donors (Lipinski definition) is 4. The fraction of sp³-hybridized carbons (Fsp3) is 0.118. The summed E-state index contributed by atoms with van der Waals surface area (Å²) in [5.74, 6) is -2.80. The topological polar surface area (TPSA) is 275 Å². The second-order valence-electron chi connectivity index (χ2n) is 11.7. The summed E-state index contributed by atoms with van der Waals surface area (Å²) in [6.07, 6.45) is 2.35. The Hall–Kier alpha value is -2.56. The van der Waals surface area contributed by atoms with Crippen LogP contribution in [0.15, 0.2) is 95.1 Å². The van der Waals surface area contributed by atoms with Gasteiger partial charge in [-0.15, -0.1) is 0 Å². The maximum Gasteiger partial charge on any atom is 1.00 e. The molecule has 26 heteroatoms. The zero-order valence-corrected chi connectivity index (χ0v) is 42.7. The van der Waals surface area contributed by atoms with Gasteiger partial charge in [0.15, 0.2) is 23.0 Å². The van der Waals surface area contributed by atoms with Crippen LogP contribution in [0.2, 0.25) is 0 Å². The fourth-order valence-electron chi connectivity index (χ4n) is 5.11. The van der Waals surface area contributed by atoms with Crippen LogP contribution in [0.5, 0.6) is 34.5 Å². The number of ether oxygens (including phenoxy) is 2. The maximum atomic E-state index is 13.1. The van der Waals surface area contributed by atoms with Crippen molar-refractivity contribution in [3.8, 4) is 34.5 Å². The van der Waals surface area contributed by atoms with Gasteiger partial charge in [0.2, 0.25) is 0 Å². The zero-order valence-electron chi connectivity index (χ0n) is 30.8. The van der Waals surface area contributed by atoms with Gasteiger partial charge in [-0.3, -0.25) is 9.59 Å². The summed E-state index contributed by atoms with van der Waals surface area (Å²) in [6, 6.07) is 14.5. The van der Waals surface area contributed by atoms with Gasteiger partial charge in [-0.25, -0.2) is 16.8 Å². The van der Waals surface area contributed by atoms with E-state index in [2.05, 4.69) is 93.0 Å². The van der Waals surface area contributed by atoms with Crippen molar-refractivity contribution in [3.05, 3.63) is 107 Å². The van der Waals surface area contributed by atoms with Gasteiger partial charge in [-0.2, -0.15) is 0 Å². The number of hydrogen-bond acceptors (Lipinski definition) is 16. The molecule has 0 aromatic heterocycles. The molecule has 4 aromatic rings. The SMILES string of the molecule is O=C1N/C=C/c2ccc(c(Br)c2)Oc2cc(cc(Br)c2OS(=O)(=O)[O-])CCNC(=O)/C(=N/O)Cc2ccc(c(Br)c2)Oc2cc(cc(Br)c2OS(=O)(=O)[O-])C/C1=N\O.[Na+].[Na+]. The Kier molecular flexibility index (Phi) is 19.6. The number of carbonyl (C=O) groups excluding carboxylic acids is 2. The van der Waals surface area contributed by atoms with Gasteiger partial charge in [0, 0.05) is 25.6 Å². The van der Waals surface area contributed by atoms with E-state index in [4.69, 9.17) is 9.47 Å². The average Bonchev–Trinajstić information content (AvgIpc) is 3.13. The first kappa shape index (κ1) is 51.8. The first-order valence-electron chi connectivity index (χ1n) is 15.9. The van der Waals surface area contributed by atoms with Crippen molar-refractivity contribution in [1.82, 2.24) is 10.6 Å². The Morgan fingerprint density at radius 1 is 0.633 bits per heavy atom. The van der Waals surface area contributed by atoms with Crippen LogP contribution in [0.1, 0.15) is 22.3 Å². The summed E-state index contributed by atoms with van der Waals surface area (Å²) < 4.78 is 91.4. The first-order chi connectivity index (χ1) is 27.3. The number of amides is 2. The number of nitrogens with zero attached hydrogens (tertiary/aromatic N) is 2. The Labute approximate surface area is 420 Å². The molecule has 4 N–H and O–H groups in total. The molecule has 4 aromatic carbocycles. The molecule has 2 amide bonds. The summed E-state index contributed by atoms with van der Waals surface area (Å²) in [4.78, 5) is 26.1. The van der Waals surface area contributed by atoms with Crippen LogP contribution >= 0.6 is 63.7 Å². The van der Waals surface area contributed by atoms with E-state index in [1.54, 1.807) is 12.1 Å².